The van der Waals surface area contributed by atoms with Crippen molar-refractivity contribution in [2.75, 3.05) is 13.2 Å². The summed E-state index contributed by atoms with van der Waals surface area (Å²) in [5.41, 5.74) is 0. The minimum Gasteiger partial charge on any atom is -0.465 e. The van der Waals surface area contributed by atoms with Crippen LogP contribution in [0.25, 0.3) is 0 Å². The number of rotatable bonds is 65. The van der Waals surface area contributed by atoms with E-state index in [0.717, 1.165) is 51.4 Å². The molecule has 1 amide bonds. The van der Waals surface area contributed by atoms with Crippen molar-refractivity contribution in [2.45, 2.75) is 398 Å². The third kappa shape index (κ3) is 61.6. The number of allylic oxidation sites excluding steroid dienone is 3. The molecule has 0 bridgehead atoms. The summed E-state index contributed by atoms with van der Waals surface area (Å²) in [7, 11) is 0. The Morgan fingerprint density at radius 3 is 1.00 bits per heavy atom. The first-order valence-corrected chi connectivity index (χ1v) is 34.6. The lowest BCUT2D eigenvalue weighted by Crippen LogP contribution is -2.45. The molecule has 2 unspecified atom stereocenters. The third-order valence-corrected chi connectivity index (χ3v) is 16.3. The van der Waals surface area contributed by atoms with E-state index in [0.29, 0.717) is 25.9 Å². The molecule has 0 fully saturated rings. The van der Waals surface area contributed by atoms with E-state index < -0.39 is 12.1 Å². The average molecular weight is 1070 g/mol. The van der Waals surface area contributed by atoms with E-state index in [2.05, 4.69) is 43.5 Å². The Morgan fingerprint density at radius 1 is 0.368 bits per heavy atom. The van der Waals surface area contributed by atoms with Crippen molar-refractivity contribution in [3.05, 3.63) is 24.3 Å². The second-order valence-corrected chi connectivity index (χ2v) is 23.9. The van der Waals surface area contributed by atoms with Crippen LogP contribution in [-0.2, 0) is 14.3 Å². The molecule has 2 atom stereocenters. The van der Waals surface area contributed by atoms with Gasteiger partial charge in [-0.1, -0.05) is 353 Å². The molecule has 0 saturated carbocycles. The molecule has 450 valence electrons. The maximum Gasteiger partial charge on any atom is 0.305 e. The molecule has 6 heteroatoms. The molecule has 0 heterocycles. The van der Waals surface area contributed by atoms with Crippen molar-refractivity contribution in [1.29, 1.82) is 0 Å². The van der Waals surface area contributed by atoms with Gasteiger partial charge in [-0.2, -0.15) is 0 Å². The standard InChI is InChI=1S/C70H135NO5/c1-3-5-7-9-11-13-15-17-19-20-21-22-23-24-26-29-32-35-38-42-46-50-54-58-62-68(73)67(66-72)71-69(74)63-59-55-51-47-43-39-36-33-30-27-25-28-31-34-37-41-45-49-53-57-61-65-76-70(75)64-60-56-52-48-44-40-18-16-14-12-10-8-6-4-2/h41,45,53,57,67-68,72-73H,3-40,42-44,46-52,54-56,58-66H2,1-2H3,(H,71,74)/b45-41-,57-53-. The number of amides is 1. The topological polar surface area (TPSA) is 95.9 Å². The van der Waals surface area contributed by atoms with Crippen LogP contribution in [0.15, 0.2) is 24.3 Å². The predicted octanol–water partition coefficient (Wildman–Crippen LogP) is 22.1. The van der Waals surface area contributed by atoms with E-state index in [-0.39, 0.29) is 18.5 Å². The molecule has 0 radical (unpaired) electrons. The van der Waals surface area contributed by atoms with Gasteiger partial charge in [-0.15, -0.1) is 0 Å². The van der Waals surface area contributed by atoms with Crippen LogP contribution in [0.5, 0.6) is 0 Å². The summed E-state index contributed by atoms with van der Waals surface area (Å²) in [6.07, 6.45) is 82.3. The van der Waals surface area contributed by atoms with Crippen molar-refractivity contribution in [2.24, 2.45) is 0 Å². The number of hydrogen-bond donors (Lipinski definition) is 3. The van der Waals surface area contributed by atoms with Gasteiger partial charge in [0.25, 0.3) is 0 Å². The summed E-state index contributed by atoms with van der Waals surface area (Å²) < 4.78 is 5.42. The van der Waals surface area contributed by atoms with Gasteiger partial charge in [-0.3, -0.25) is 9.59 Å². The molecule has 0 rings (SSSR count). The molecule has 6 nitrogen and oxygen atoms in total. The van der Waals surface area contributed by atoms with Crippen LogP contribution < -0.4 is 5.32 Å². The SMILES string of the molecule is CCCCCCCCCCCCCCCCCCCCCCCCCCC(O)C(CO)NC(=O)CCCCCCCCCCCCCCCC/C=C\C/C=C\CCOC(=O)CCCCCCCCCCCCCCCC. The van der Waals surface area contributed by atoms with Gasteiger partial charge in [-0.25, -0.2) is 0 Å². The van der Waals surface area contributed by atoms with Gasteiger partial charge in [0.15, 0.2) is 0 Å². The Balaban J connectivity index is 3.44. The lowest BCUT2D eigenvalue weighted by atomic mass is 10.0. The number of unbranched alkanes of at least 4 members (excludes halogenated alkanes) is 50. The van der Waals surface area contributed by atoms with E-state index in [1.54, 1.807) is 0 Å². The second kappa shape index (κ2) is 65.9. The fraction of sp³-hybridized carbons (Fsp3) is 0.914. The van der Waals surface area contributed by atoms with E-state index in [4.69, 9.17) is 4.74 Å². The van der Waals surface area contributed by atoms with Crippen LogP contribution in [0.1, 0.15) is 386 Å². The highest BCUT2D eigenvalue weighted by Gasteiger charge is 2.20. The predicted molar refractivity (Wildman–Crippen MR) is 333 cm³/mol. The van der Waals surface area contributed by atoms with Crippen molar-refractivity contribution >= 4 is 11.9 Å². The first-order chi connectivity index (χ1) is 37.5. The normalized spacial score (nSPS) is 12.6. The highest BCUT2D eigenvalue weighted by atomic mass is 16.5. The van der Waals surface area contributed by atoms with Gasteiger partial charge in [0.1, 0.15) is 0 Å². The molecule has 0 aromatic carbocycles. The molecular formula is C70H135NO5. The molecule has 0 saturated heterocycles. The average Bonchev–Trinajstić information content (AvgIpc) is 3.42. The summed E-state index contributed by atoms with van der Waals surface area (Å²) >= 11 is 0. The summed E-state index contributed by atoms with van der Waals surface area (Å²) in [6, 6.07) is -0.547. The summed E-state index contributed by atoms with van der Waals surface area (Å²) in [6.45, 7) is 4.88. The van der Waals surface area contributed by atoms with Crippen LogP contribution in [0.4, 0.5) is 0 Å². The highest BCUT2D eigenvalue weighted by Crippen LogP contribution is 2.19. The molecule has 3 N–H and O–H groups in total. The van der Waals surface area contributed by atoms with Crippen LogP contribution in [0.2, 0.25) is 0 Å². The lowest BCUT2D eigenvalue weighted by Gasteiger charge is -2.22. The fourth-order valence-electron chi connectivity index (χ4n) is 11.0. The van der Waals surface area contributed by atoms with E-state index in [1.807, 2.05) is 0 Å². The van der Waals surface area contributed by atoms with Gasteiger partial charge in [0.05, 0.1) is 25.4 Å². The van der Waals surface area contributed by atoms with Crippen LogP contribution in [0.3, 0.4) is 0 Å². The van der Waals surface area contributed by atoms with Gasteiger partial charge < -0.3 is 20.3 Å². The minimum atomic E-state index is -0.669. The molecule has 0 spiro atoms. The zero-order valence-corrected chi connectivity index (χ0v) is 51.5. The molecule has 0 aliphatic heterocycles. The highest BCUT2D eigenvalue weighted by molar-refractivity contribution is 5.76. The third-order valence-electron chi connectivity index (χ3n) is 16.3. The smallest absolute Gasteiger partial charge is 0.305 e. The largest absolute Gasteiger partial charge is 0.465 e. The molecule has 0 aliphatic rings. The van der Waals surface area contributed by atoms with Crippen molar-refractivity contribution in [1.82, 2.24) is 5.32 Å². The molecule has 76 heavy (non-hydrogen) atoms. The van der Waals surface area contributed by atoms with Crippen molar-refractivity contribution < 1.29 is 24.5 Å². The van der Waals surface area contributed by atoms with E-state index in [9.17, 15) is 19.8 Å². The monoisotopic (exact) mass is 1070 g/mol. The number of carbonyl (C=O) groups is 2. The quantitative estimate of drug-likeness (QED) is 0.0320. The van der Waals surface area contributed by atoms with Gasteiger partial charge >= 0.3 is 5.97 Å². The molecule has 0 aliphatic carbocycles. The maximum atomic E-state index is 12.5. The van der Waals surface area contributed by atoms with Gasteiger partial charge in [0.2, 0.25) is 5.91 Å². The molecule has 0 aromatic heterocycles. The van der Waals surface area contributed by atoms with Gasteiger partial charge in [-0.05, 0) is 44.9 Å². The molecule has 0 aromatic rings. The number of hydrogen-bond acceptors (Lipinski definition) is 5. The Labute approximate surface area is 475 Å². The Bertz CT molecular complexity index is 1190. The minimum absolute atomic E-state index is 0.0319. The number of aliphatic hydroxyl groups is 2. The number of nitrogens with one attached hydrogen (secondary N) is 1. The lowest BCUT2D eigenvalue weighted by molar-refractivity contribution is -0.143. The Kier molecular flexibility index (Phi) is 64.4. The van der Waals surface area contributed by atoms with Crippen molar-refractivity contribution in [3.63, 3.8) is 0 Å². The van der Waals surface area contributed by atoms with Crippen LogP contribution in [0, 0.1) is 0 Å². The molecular weight excluding hydrogens is 935 g/mol. The zero-order chi connectivity index (χ0) is 55.0. The fourth-order valence-corrected chi connectivity index (χ4v) is 11.0. The first-order valence-electron chi connectivity index (χ1n) is 34.6. The Morgan fingerprint density at radius 2 is 0.658 bits per heavy atom. The maximum absolute atomic E-state index is 12.5. The van der Waals surface area contributed by atoms with E-state index >= 15 is 0 Å². The van der Waals surface area contributed by atoms with Crippen molar-refractivity contribution in [3.8, 4) is 0 Å². The van der Waals surface area contributed by atoms with Crippen LogP contribution in [-0.4, -0.2) is 47.4 Å². The summed E-state index contributed by atoms with van der Waals surface area (Å²) in [4.78, 5) is 24.6. The summed E-state index contributed by atoms with van der Waals surface area (Å²) in [5, 5.41) is 23.4. The summed E-state index contributed by atoms with van der Waals surface area (Å²) in [5.74, 6) is -0.0670. The number of aliphatic hydroxyl groups excluding tert-OH is 2. The first kappa shape index (κ1) is 74.3. The van der Waals surface area contributed by atoms with Gasteiger partial charge in [0, 0.05) is 12.8 Å². The zero-order valence-electron chi connectivity index (χ0n) is 51.5. The second-order valence-electron chi connectivity index (χ2n) is 23.9. The van der Waals surface area contributed by atoms with E-state index in [1.165, 1.54) is 302 Å². The van der Waals surface area contributed by atoms with Crippen LogP contribution >= 0.6 is 0 Å². The number of ether oxygens (including phenoxy) is 1. The number of esters is 1. The Hall–Kier alpha value is -1.66. The number of carbonyl (C=O) groups excluding carboxylic acids is 2.